The first-order valence-corrected chi connectivity index (χ1v) is 12.2. The Morgan fingerprint density at radius 1 is 1.08 bits per heavy atom. The number of likely N-dealkylation sites (N-methyl/N-ethyl adjacent to an activating group) is 1. The van der Waals surface area contributed by atoms with Gasteiger partial charge < -0.3 is 20.4 Å². The lowest BCUT2D eigenvalue weighted by Gasteiger charge is -2.32. The fraction of sp³-hybridized carbons (Fsp3) is 0.423. The summed E-state index contributed by atoms with van der Waals surface area (Å²) in [7, 11) is 2.08. The van der Waals surface area contributed by atoms with E-state index in [2.05, 4.69) is 32.4 Å². The van der Waals surface area contributed by atoms with E-state index in [9.17, 15) is 15.0 Å². The third kappa shape index (κ3) is 5.19. The third-order valence-corrected chi connectivity index (χ3v) is 6.50. The van der Waals surface area contributed by atoms with Gasteiger partial charge >= 0.3 is 0 Å². The number of aromatic hydroxyl groups is 2. The van der Waals surface area contributed by atoms with Crippen molar-refractivity contribution in [2.45, 2.75) is 33.2 Å². The molecule has 9 nitrogen and oxygen atoms in total. The third-order valence-electron chi connectivity index (χ3n) is 6.50. The lowest BCUT2D eigenvalue weighted by molar-refractivity contribution is 0.0943. The Morgan fingerprint density at radius 3 is 2.44 bits per heavy atom. The Balaban J connectivity index is 1.78. The second-order valence-corrected chi connectivity index (χ2v) is 9.48. The summed E-state index contributed by atoms with van der Waals surface area (Å²) >= 11 is 0. The molecule has 10 heteroatoms. The molecule has 0 bridgehead atoms. The molecule has 192 valence electrons. The van der Waals surface area contributed by atoms with E-state index in [0.29, 0.717) is 29.9 Å². The molecule has 1 aromatic heterocycles. The molecular formula is C26H33FN6O3. The van der Waals surface area contributed by atoms with Crippen LogP contribution in [0.2, 0.25) is 0 Å². The number of carbonyl (C=O) groups excluding carboxylic acids is 1. The number of carbonyl (C=O) groups is 1. The van der Waals surface area contributed by atoms with Crippen LogP contribution in [0, 0.1) is 5.82 Å². The van der Waals surface area contributed by atoms with Crippen molar-refractivity contribution in [2.75, 3.05) is 39.8 Å². The van der Waals surface area contributed by atoms with Gasteiger partial charge in [0.05, 0.1) is 11.3 Å². The summed E-state index contributed by atoms with van der Waals surface area (Å²) in [6.45, 7) is 10.1. The van der Waals surface area contributed by atoms with Crippen LogP contribution in [0.5, 0.6) is 11.5 Å². The van der Waals surface area contributed by atoms with Gasteiger partial charge in [0.25, 0.3) is 5.91 Å². The van der Waals surface area contributed by atoms with Crippen LogP contribution in [0.3, 0.4) is 0 Å². The number of hydrogen-bond donors (Lipinski definition) is 3. The molecule has 2 heterocycles. The number of phenolic OH excluding ortho intramolecular Hbond substituents is 2. The molecule has 36 heavy (non-hydrogen) atoms. The van der Waals surface area contributed by atoms with E-state index >= 15 is 4.39 Å². The van der Waals surface area contributed by atoms with Gasteiger partial charge in [-0.15, -0.1) is 10.2 Å². The summed E-state index contributed by atoms with van der Waals surface area (Å²) in [5.74, 6) is -1.03. The van der Waals surface area contributed by atoms with E-state index < -0.39 is 11.7 Å². The number of halogens is 1. The van der Waals surface area contributed by atoms with E-state index in [-0.39, 0.29) is 34.6 Å². The average molecular weight is 497 g/mol. The van der Waals surface area contributed by atoms with E-state index in [1.807, 2.05) is 13.8 Å². The summed E-state index contributed by atoms with van der Waals surface area (Å²) < 4.78 is 16.8. The summed E-state index contributed by atoms with van der Waals surface area (Å²) in [4.78, 5) is 17.3. The Hall–Kier alpha value is -3.50. The number of phenols is 2. The molecule has 1 saturated heterocycles. The van der Waals surface area contributed by atoms with Crippen LogP contribution < -0.4 is 5.32 Å². The van der Waals surface area contributed by atoms with Crippen LogP contribution in [-0.2, 0) is 6.54 Å². The quantitative estimate of drug-likeness (QED) is 0.461. The molecule has 3 N–H and O–H groups in total. The summed E-state index contributed by atoms with van der Waals surface area (Å²) in [5, 5.41) is 31.9. The van der Waals surface area contributed by atoms with E-state index in [1.54, 1.807) is 25.1 Å². The standard InChI is InChI=1S/C26H33FN6O3/c1-5-28-26(36)25-30-29-24(20-13-19(16(2)3)22(34)14-23(20)35)33(25)18-7-6-17(21(27)12-18)15-32-10-8-31(4)9-11-32/h6-7,12-14,16,34-35H,5,8-11,15H2,1-4H3,(H,28,36). The van der Waals surface area contributed by atoms with Crippen molar-refractivity contribution in [3.05, 3.63) is 53.1 Å². The number of piperazine rings is 1. The monoisotopic (exact) mass is 496 g/mol. The second-order valence-electron chi connectivity index (χ2n) is 9.48. The van der Waals surface area contributed by atoms with Gasteiger partial charge in [0, 0.05) is 50.9 Å². The van der Waals surface area contributed by atoms with Crippen molar-refractivity contribution in [2.24, 2.45) is 0 Å². The predicted molar refractivity (Wildman–Crippen MR) is 135 cm³/mol. The highest BCUT2D eigenvalue weighted by Crippen LogP contribution is 2.38. The fourth-order valence-corrected chi connectivity index (χ4v) is 4.38. The number of nitrogens with zero attached hydrogens (tertiary/aromatic N) is 5. The predicted octanol–water partition coefficient (Wildman–Crippen LogP) is 3.11. The smallest absolute Gasteiger partial charge is 0.289 e. The Bertz CT molecular complexity index is 1250. The van der Waals surface area contributed by atoms with Gasteiger partial charge in [0.15, 0.2) is 5.82 Å². The molecule has 0 spiro atoms. The molecule has 1 amide bonds. The van der Waals surface area contributed by atoms with Crippen molar-refractivity contribution in [3.8, 4) is 28.6 Å². The largest absolute Gasteiger partial charge is 0.508 e. The first kappa shape index (κ1) is 25.6. The zero-order chi connectivity index (χ0) is 26.0. The molecule has 1 fully saturated rings. The maximum Gasteiger partial charge on any atom is 0.289 e. The van der Waals surface area contributed by atoms with Gasteiger partial charge in [0.2, 0.25) is 5.82 Å². The van der Waals surface area contributed by atoms with E-state index in [4.69, 9.17) is 0 Å². The van der Waals surface area contributed by atoms with Crippen LogP contribution >= 0.6 is 0 Å². The lowest BCUT2D eigenvalue weighted by Crippen LogP contribution is -2.44. The molecule has 4 rings (SSSR count). The number of amides is 1. The highest BCUT2D eigenvalue weighted by atomic mass is 19.1. The highest BCUT2D eigenvalue weighted by Gasteiger charge is 2.25. The van der Waals surface area contributed by atoms with Gasteiger partial charge in [-0.2, -0.15) is 0 Å². The van der Waals surface area contributed by atoms with Crippen molar-refractivity contribution < 1.29 is 19.4 Å². The molecule has 2 aromatic carbocycles. The maximum atomic E-state index is 15.3. The topological polar surface area (TPSA) is 107 Å². The molecule has 1 aliphatic rings. The summed E-state index contributed by atoms with van der Waals surface area (Å²) in [6, 6.07) is 7.67. The molecule has 0 unspecified atom stereocenters. The van der Waals surface area contributed by atoms with E-state index in [1.165, 1.54) is 16.7 Å². The second kappa shape index (κ2) is 10.6. The zero-order valence-electron chi connectivity index (χ0n) is 21.1. The van der Waals surface area contributed by atoms with E-state index in [0.717, 1.165) is 26.2 Å². The van der Waals surface area contributed by atoms with Crippen molar-refractivity contribution in [1.82, 2.24) is 29.9 Å². The Kier molecular flexibility index (Phi) is 7.56. The maximum absolute atomic E-state index is 15.3. The highest BCUT2D eigenvalue weighted by molar-refractivity contribution is 5.92. The molecule has 1 aliphatic heterocycles. The zero-order valence-corrected chi connectivity index (χ0v) is 21.1. The molecule has 0 saturated carbocycles. The first-order valence-electron chi connectivity index (χ1n) is 12.2. The number of hydrogen-bond acceptors (Lipinski definition) is 7. The molecule has 0 radical (unpaired) electrons. The minimum absolute atomic E-state index is 0.0309. The van der Waals surface area contributed by atoms with Crippen molar-refractivity contribution in [1.29, 1.82) is 0 Å². The van der Waals surface area contributed by atoms with Crippen molar-refractivity contribution >= 4 is 5.91 Å². The van der Waals surface area contributed by atoms with Crippen LogP contribution in [0.15, 0.2) is 30.3 Å². The SMILES string of the molecule is CCNC(=O)c1nnc(-c2cc(C(C)C)c(O)cc2O)n1-c1ccc(CN2CCN(C)CC2)c(F)c1. The van der Waals surface area contributed by atoms with Gasteiger partial charge in [-0.25, -0.2) is 4.39 Å². The van der Waals surface area contributed by atoms with Gasteiger partial charge in [-0.3, -0.25) is 14.3 Å². The lowest BCUT2D eigenvalue weighted by atomic mass is 9.98. The first-order chi connectivity index (χ1) is 17.2. The normalized spacial score (nSPS) is 14.9. The Labute approximate surface area is 210 Å². The molecule has 3 aromatic rings. The summed E-state index contributed by atoms with van der Waals surface area (Å²) in [5.41, 5.74) is 1.80. The summed E-state index contributed by atoms with van der Waals surface area (Å²) in [6.07, 6.45) is 0. The van der Waals surface area contributed by atoms with Crippen LogP contribution in [-0.4, -0.2) is 80.5 Å². The van der Waals surface area contributed by atoms with Gasteiger partial charge in [-0.1, -0.05) is 19.9 Å². The number of benzene rings is 2. The molecule has 0 atom stereocenters. The minimum Gasteiger partial charge on any atom is -0.508 e. The van der Waals surface area contributed by atoms with Crippen molar-refractivity contribution in [3.63, 3.8) is 0 Å². The minimum atomic E-state index is -0.472. The van der Waals surface area contributed by atoms with Crippen LogP contribution in [0.1, 0.15) is 48.4 Å². The molecular weight excluding hydrogens is 463 g/mol. The number of nitrogens with one attached hydrogen (secondary N) is 1. The van der Waals surface area contributed by atoms with Gasteiger partial charge in [-0.05, 0) is 43.7 Å². The fourth-order valence-electron chi connectivity index (χ4n) is 4.38. The van der Waals surface area contributed by atoms with Crippen LogP contribution in [0.4, 0.5) is 4.39 Å². The Morgan fingerprint density at radius 2 is 1.81 bits per heavy atom. The average Bonchev–Trinajstić information content (AvgIpc) is 3.27. The molecule has 0 aliphatic carbocycles. The van der Waals surface area contributed by atoms with Crippen LogP contribution in [0.25, 0.3) is 17.1 Å². The van der Waals surface area contributed by atoms with Gasteiger partial charge in [0.1, 0.15) is 17.3 Å². The number of aromatic nitrogens is 3. The number of rotatable bonds is 7.